The van der Waals surface area contributed by atoms with E-state index in [9.17, 15) is 27.5 Å². The lowest BCUT2D eigenvalue weighted by Crippen LogP contribution is -2.41. The number of hydrogen-bond acceptors (Lipinski definition) is 7. The van der Waals surface area contributed by atoms with Gasteiger partial charge in [-0.05, 0) is 66.7 Å². The second kappa shape index (κ2) is 14.1. The number of aliphatic imine (C=N–C) groups is 1. The Balaban J connectivity index is 1.40. The molecule has 4 N–H and O–H groups in total. The molecule has 4 aromatic rings. The average molecular weight is 648 g/mol. The van der Waals surface area contributed by atoms with Crippen molar-refractivity contribution in [3.8, 4) is 22.3 Å². The van der Waals surface area contributed by atoms with Gasteiger partial charge in [0.1, 0.15) is 23.4 Å². The lowest BCUT2D eigenvalue weighted by atomic mass is 9.96. The fourth-order valence-electron chi connectivity index (χ4n) is 5.19. The number of rotatable bonds is 10. The summed E-state index contributed by atoms with van der Waals surface area (Å²) in [5.41, 5.74) is 8.91. The number of halogens is 4. The second-order valence-corrected chi connectivity index (χ2v) is 11.2. The molecule has 12 heteroatoms. The van der Waals surface area contributed by atoms with E-state index >= 15 is 0 Å². The molecule has 1 aliphatic heterocycles. The second-order valence-electron chi connectivity index (χ2n) is 11.2. The number of nitrogens with two attached hydrogens (primary N) is 1. The zero-order valence-corrected chi connectivity index (χ0v) is 25.5. The van der Waals surface area contributed by atoms with Crippen LogP contribution in [0.5, 0.6) is 0 Å². The zero-order valence-electron chi connectivity index (χ0n) is 25.5. The molecule has 2 aromatic heterocycles. The number of allylic oxidation sites excluding steroid dienone is 4. The van der Waals surface area contributed by atoms with Crippen molar-refractivity contribution in [1.82, 2.24) is 15.2 Å². The summed E-state index contributed by atoms with van der Waals surface area (Å²) in [6.07, 6.45) is 4.53. The SMILES string of the molecule is C=N\C(N)=C/C=C(C)/C=C/C(=O)NCc1cc2cc(-c3ccc(C(O)N4CCC(F)(F)CC4)cc3)cc(-c3ccc(F)nc3F)c2o1. The maximum atomic E-state index is 14.9. The molecule has 0 bridgehead atoms. The average Bonchev–Trinajstić information content (AvgIpc) is 3.48. The van der Waals surface area contributed by atoms with Crippen LogP contribution in [-0.2, 0) is 11.3 Å². The number of hydrogen-bond donors (Lipinski definition) is 3. The van der Waals surface area contributed by atoms with Gasteiger partial charge in [-0.25, -0.2) is 13.8 Å². The van der Waals surface area contributed by atoms with Crippen LogP contribution in [0.1, 0.15) is 37.3 Å². The number of carbonyl (C=O) groups is 1. The van der Waals surface area contributed by atoms with Gasteiger partial charge < -0.3 is 20.6 Å². The predicted octanol–water partition coefficient (Wildman–Crippen LogP) is 6.78. The highest BCUT2D eigenvalue weighted by Gasteiger charge is 2.36. The van der Waals surface area contributed by atoms with Gasteiger partial charge in [-0.15, -0.1) is 0 Å². The normalized spacial score (nSPS) is 16.5. The number of nitrogens with one attached hydrogen (secondary N) is 1. The predicted molar refractivity (Wildman–Crippen MR) is 172 cm³/mol. The van der Waals surface area contributed by atoms with E-state index in [1.165, 1.54) is 12.1 Å². The van der Waals surface area contributed by atoms with Crippen LogP contribution in [0.2, 0.25) is 0 Å². The number of pyridine rings is 1. The number of furan rings is 1. The topological polar surface area (TPSA) is 117 Å². The standard InChI is InChI=1S/C35H33F4N5O3/c1-21(3-11-30(40)41-2)4-12-31(45)42-20-26-18-25-17-24(19-28(32(25)47-26)27-9-10-29(36)43-33(27)37)22-5-7-23(8-6-22)34(46)44-15-13-35(38,39)14-16-44/h3-12,17-19,34,46H,2,13-16,20,40H2,1H3,(H,42,45)/b12-4+,21-3+,30-11-. The number of aromatic nitrogens is 1. The third-order valence-electron chi connectivity index (χ3n) is 7.82. The van der Waals surface area contributed by atoms with Crippen molar-refractivity contribution in [3.05, 3.63) is 114 Å². The van der Waals surface area contributed by atoms with Gasteiger partial charge in [0, 0.05) is 48.5 Å². The number of aliphatic hydroxyl groups excluding tert-OH is 1. The molecular formula is C35H33F4N5O3. The molecule has 0 spiro atoms. The largest absolute Gasteiger partial charge is 0.459 e. The number of piperidine rings is 1. The summed E-state index contributed by atoms with van der Waals surface area (Å²) < 4.78 is 61.9. The Morgan fingerprint density at radius 1 is 1.09 bits per heavy atom. The molecule has 0 aliphatic carbocycles. The maximum absolute atomic E-state index is 14.9. The lowest BCUT2D eigenvalue weighted by molar-refractivity contribution is -0.116. The summed E-state index contributed by atoms with van der Waals surface area (Å²) in [5, 5.41) is 14.1. The molecule has 2 aromatic carbocycles. The minimum atomic E-state index is -2.72. The highest BCUT2D eigenvalue weighted by atomic mass is 19.3. The number of aliphatic hydroxyl groups is 1. The zero-order chi connectivity index (χ0) is 33.7. The maximum Gasteiger partial charge on any atom is 0.250 e. The first-order valence-corrected chi connectivity index (χ1v) is 14.8. The Morgan fingerprint density at radius 3 is 2.49 bits per heavy atom. The van der Waals surface area contributed by atoms with Gasteiger partial charge in [-0.2, -0.15) is 13.8 Å². The minimum Gasteiger partial charge on any atom is -0.459 e. The van der Waals surface area contributed by atoms with Crippen LogP contribution < -0.4 is 11.1 Å². The summed E-state index contributed by atoms with van der Waals surface area (Å²) in [6, 6.07) is 14.5. The Hall–Kier alpha value is -5.07. The molecule has 1 amide bonds. The number of alkyl halides is 2. The number of fused-ring (bicyclic) bond motifs is 1. The molecule has 5 rings (SSSR count). The molecule has 1 atom stereocenters. The van der Waals surface area contributed by atoms with Gasteiger partial charge >= 0.3 is 0 Å². The van der Waals surface area contributed by atoms with Crippen LogP contribution >= 0.6 is 0 Å². The molecule has 1 unspecified atom stereocenters. The highest BCUT2D eigenvalue weighted by Crippen LogP contribution is 2.38. The highest BCUT2D eigenvalue weighted by molar-refractivity contribution is 5.97. The van der Waals surface area contributed by atoms with Crippen LogP contribution in [0.15, 0.2) is 99.7 Å². The van der Waals surface area contributed by atoms with Crippen LogP contribution in [0.25, 0.3) is 33.2 Å². The van der Waals surface area contributed by atoms with E-state index < -0.39 is 24.0 Å². The fraction of sp³-hybridized carbons (Fsp3) is 0.229. The smallest absolute Gasteiger partial charge is 0.250 e. The Kier molecular flexibility index (Phi) is 10.0. The molecule has 1 aliphatic rings. The van der Waals surface area contributed by atoms with Gasteiger partial charge in [0.25, 0.3) is 5.92 Å². The van der Waals surface area contributed by atoms with Crippen LogP contribution in [0.4, 0.5) is 17.6 Å². The molecule has 0 saturated carbocycles. The summed E-state index contributed by atoms with van der Waals surface area (Å²) in [6.45, 7) is 5.29. The van der Waals surface area contributed by atoms with E-state index in [1.807, 2.05) is 6.07 Å². The van der Waals surface area contributed by atoms with Gasteiger partial charge in [0.15, 0.2) is 0 Å². The van der Waals surface area contributed by atoms with E-state index in [0.717, 1.165) is 17.2 Å². The third-order valence-corrected chi connectivity index (χ3v) is 7.82. The molecule has 3 heterocycles. The summed E-state index contributed by atoms with van der Waals surface area (Å²) in [4.78, 5) is 21.0. The molecule has 1 saturated heterocycles. The first-order chi connectivity index (χ1) is 22.4. The van der Waals surface area contributed by atoms with Crippen LogP contribution in [0, 0.1) is 11.9 Å². The van der Waals surface area contributed by atoms with Crippen molar-refractivity contribution < 1.29 is 31.9 Å². The molecule has 0 radical (unpaired) electrons. The van der Waals surface area contributed by atoms with Crippen molar-refractivity contribution in [2.45, 2.75) is 38.5 Å². The fourth-order valence-corrected chi connectivity index (χ4v) is 5.19. The van der Waals surface area contributed by atoms with Crippen LogP contribution in [0.3, 0.4) is 0 Å². The van der Waals surface area contributed by atoms with Crippen molar-refractivity contribution in [2.24, 2.45) is 10.7 Å². The first kappa shape index (κ1) is 33.3. The van der Waals surface area contributed by atoms with E-state index in [2.05, 4.69) is 22.0 Å². The molecule has 244 valence electrons. The number of amides is 1. The van der Waals surface area contributed by atoms with Crippen molar-refractivity contribution in [3.63, 3.8) is 0 Å². The Morgan fingerprint density at radius 2 is 1.81 bits per heavy atom. The minimum absolute atomic E-state index is 0.0173. The van der Waals surface area contributed by atoms with Gasteiger partial charge in [-0.3, -0.25) is 9.69 Å². The van der Waals surface area contributed by atoms with Crippen molar-refractivity contribution >= 4 is 23.6 Å². The van der Waals surface area contributed by atoms with Crippen molar-refractivity contribution in [2.75, 3.05) is 13.1 Å². The third kappa shape index (κ3) is 8.21. The van der Waals surface area contributed by atoms with E-state index in [-0.39, 0.29) is 49.8 Å². The summed E-state index contributed by atoms with van der Waals surface area (Å²) in [7, 11) is 0. The molecule has 8 nitrogen and oxygen atoms in total. The van der Waals surface area contributed by atoms with E-state index in [1.54, 1.807) is 66.4 Å². The number of benzene rings is 2. The molecular weight excluding hydrogens is 614 g/mol. The molecule has 47 heavy (non-hydrogen) atoms. The monoisotopic (exact) mass is 647 g/mol. The summed E-state index contributed by atoms with van der Waals surface area (Å²) in [5.74, 6) is -4.46. The lowest BCUT2D eigenvalue weighted by Gasteiger charge is -2.35. The van der Waals surface area contributed by atoms with Gasteiger partial charge in [0.05, 0.1) is 6.54 Å². The van der Waals surface area contributed by atoms with E-state index in [0.29, 0.717) is 33.4 Å². The van der Waals surface area contributed by atoms with Crippen LogP contribution in [-0.4, -0.2) is 46.6 Å². The number of likely N-dealkylation sites (tertiary alicyclic amines) is 1. The van der Waals surface area contributed by atoms with Gasteiger partial charge in [-0.1, -0.05) is 42.0 Å². The number of nitrogens with zero attached hydrogens (tertiary/aromatic N) is 3. The summed E-state index contributed by atoms with van der Waals surface area (Å²) >= 11 is 0. The quantitative estimate of drug-likeness (QED) is 0.0575. The Labute approximate surface area is 268 Å². The number of carbonyl (C=O) groups excluding carboxylic acids is 1. The Bertz CT molecular complexity index is 1870. The molecule has 1 fully saturated rings. The van der Waals surface area contributed by atoms with Gasteiger partial charge in [0.2, 0.25) is 17.8 Å². The van der Waals surface area contributed by atoms with Crippen molar-refractivity contribution in [1.29, 1.82) is 0 Å². The first-order valence-electron chi connectivity index (χ1n) is 14.8. The van der Waals surface area contributed by atoms with E-state index in [4.69, 9.17) is 10.2 Å².